The van der Waals surface area contributed by atoms with Crippen LogP contribution in [0.4, 0.5) is 0 Å². The van der Waals surface area contributed by atoms with E-state index < -0.39 is 0 Å². The van der Waals surface area contributed by atoms with Crippen molar-refractivity contribution in [2.45, 2.75) is 57.1 Å². The van der Waals surface area contributed by atoms with Gasteiger partial charge < -0.3 is 10.1 Å². The first-order chi connectivity index (χ1) is 7.25. The fourth-order valence-electron chi connectivity index (χ4n) is 2.22. The van der Waals surface area contributed by atoms with Gasteiger partial charge in [0.2, 0.25) is 5.91 Å². The molecule has 4 heteroatoms. The topological polar surface area (TPSA) is 55.4 Å². The molecule has 0 aromatic carbocycles. The summed E-state index contributed by atoms with van der Waals surface area (Å²) in [6, 6.07) is -0.389. The van der Waals surface area contributed by atoms with Crippen LogP contribution in [0.25, 0.3) is 0 Å². The Kier molecular flexibility index (Phi) is 3.23. The van der Waals surface area contributed by atoms with Gasteiger partial charge >= 0.3 is 5.97 Å². The number of esters is 1. The maximum Gasteiger partial charge on any atom is 0.328 e. The van der Waals surface area contributed by atoms with Crippen molar-refractivity contribution in [3.05, 3.63) is 0 Å². The molecule has 15 heavy (non-hydrogen) atoms. The van der Waals surface area contributed by atoms with E-state index in [4.69, 9.17) is 4.74 Å². The average molecular weight is 211 g/mol. The van der Waals surface area contributed by atoms with Crippen LogP contribution in [-0.4, -0.2) is 24.0 Å². The molecule has 1 amide bonds. The molecule has 1 atom stereocenters. The highest BCUT2D eigenvalue weighted by molar-refractivity contribution is 5.88. The van der Waals surface area contributed by atoms with Crippen LogP contribution in [0.1, 0.15) is 44.9 Å². The van der Waals surface area contributed by atoms with Crippen molar-refractivity contribution in [3.8, 4) is 0 Å². The standard InChI is InChI=1S/C11H17NO3/c13-10-7-6-9(12-10)11(14)15-8-4-2-1-3-5-8/h8-9H,1-7H2,(H,12,13)/t9-/m0/s1. The highest BCUT2D eigenvalue weighted by atomic mass is 16.5. The Morgan fingerprint density at radius 1 is 1.20 bits per heavy atom. The molecule has 2 aliphatic rings. The van der Waals surface area contributed by atoms with Gasteiger partial charge in [0, 0.05) is 6.42 Å². The number of nitrogens with one attached hydrogen (secondary N) is 1. The maximum atomic E-state index is 11.6. The fraction of sp³-hybridized carbons (Fsp3) is 0.818. The third-order valence-electron chi connectivity index (χ3n) is 3.11. The van der Waals surface area contributed by atoms with Crippen molar-refractivity contribution in [2.75, 3.05) is 0 Å². The number of amides is 1. The molecule has 1 saturated heterocycles. The van der Waals surface area contributed by atoms with E-state index in [0.717, 1.165) is 25.7 Å². The van der Waals surface area contributed by atoms with Gasteiger partial charge in [0.1, 0.15) is 12.1 Å². The van der Waals surface area contributed by atoms with Gasteiger partial charge in [-0.15, -0.1) is 0 Å². The lowest BCUT2D eigenvalue weighted by atomic mass is 9.98. The first-order valence-electron chi connectivity index (χ1n) is 5.75. The third kappa shape index (κ3) is 2.70. The van der Waals surface area contributed by atoms with Crippen LogP contribution in [-0.2, 0) is 14.3 Å². The molecular formula is C11H17NO3. The van der Waals surface area contributed by atoms with Crippen molar-refractivity contribution in [1.29, 1.82) is 0 Å². The van der Waals surface area contributed by atoms with Gasteiger partial charge in [0.15, 0.2) is 0 Å². The number of hydrogen-bond donors (Lipinski definition) is 1. The molecule has 1 heterocycles. The summed E-state index contributed by atoms with van der Waals surface area (Å²) in [5.74, 6) is -0.284. The number of carbonyl (C=O) groups excluding carboxylic acids is 2. The normalized spacial score (nSPS) is 27.5. The number of carbonyl (C=O) groups is 2. The van der Waals surface area contributed by atoms with Crippen molar-refractivity contribution in [1.82, 2.24) is 5.32 Å². The van der Waals surface area contributed by atoms with E-state index in [2.05, 4.69) is 5.32 Å². The first-order valence-corrected chi connectivity index (χ1v) is 5.75. The van der Waals surface area contributed by atoms with Crippen molar-refractivity contribution in [2.24, 2.45) is 0 Å². The van der Waals surface area contributed by atoms with E-state index in [9.17, 15) is 9.59 Å². The second-order valence-electron chi connectivity index (χ2n) is 4.36. The molecule has 2 rings (SSSR count). The van der Waals surface area contributed by atoms with Crippen molar-refractivity contribution in [3.63, 3.8) is 0 Å². The summed E-state index contributed by atoms with van der Waals surface area (Å²) < 4.78 is 5.37. The highest BCUT2D eigenvalue weighted by Gasteiger charge is 2.30. The van der Waals surface area contributed by atoms with Crippen LogP contribution in [0, 0.1) is 0 Å². The van der Waals surface area contributed by atoms with Crippen LogP contribution in [0.3, 0.4) is 0 Å². The monoisotopic (exact) mass is 211 g/mol. The smallest absolute Gasteiger partial charge is 0.328 e. The fourth-order valence-corrected chi connectivity index (χ4v) is 2.22. The Hall–Kier alpha value is -1.06. The molecule has 0 spiro atoms. The van der Waals surface area contributed by atoms with Gasteiger partial charge in [0.05, 0.1) is 0 Å². The summed E-state index contributed by atoms with van der Waals surface area (Å²) >= 11 is 0. The van der Waals surface area contributed by atoms with E-state index >= 15 is 0 Å². The van der Waals surface area contributed by atoms with Gasteiger partial charge in [-0.1, -0.05) is 6.42 Å². The molecule has 0 aromatic rings. The quantitative estimate of drug-likeness (QED) is 0.697. The Balaban J connectivity index is 1.78. The summed E-state index contributed by atoms with van der Waals surface area (Å²) in [6.45, 7) is 0. The van der Waals surface area contributed by atoms with Crippen LogP contribution in [0.5, 0.6) is 0 Å². The molecule has 0 aromatic heterocycles. The molecule has 4 nitrogen and oxygen atoms in total. The van der Waals surface area contributed by atoms with E-state index in [1.807, 2.05) is 0 Å². The minimum atomic E-state index is -0.389. The second-order valence-corrected chi connectivity index (χ2v) is 4.36. The first kappa shape index (κ1) is 10.5. The molecule has 0 bridgehead atoms. The second kappa shape index (κ2) is 4.64. The zero-order chi connectivity index (χ0) is 10.7. The lowest BCUT2D eigenvalue weighted by Crippen LogP contribution is -2.37. The Morgan fingerprint density at radius 3 is 2.53 bits per heavy atom. The minimum absolute atomic E-state index is 0.0411. The summed E-state index contributed by atoms with van der Waals surface area (Å²) in [4.78, 5) is 22.6. The summed E-state index contributed by atoms with van der Waals surface area (Å²) in [7, 11) is 0. The van der Waals surface area contributed by atoms with Gasteiger partial charge in [-0.3, -0.25) is 4.79 Å². The zero-order valence-electron chi connectivity index (χ0n) is 8.83. The number of ether oxygens (including phenoxy) is 1. The third-order valence-corrected chi connectivity index (χ3v) is 3.11. The predicted octanol–water partition coefficient (Wildman–Crippen LogP) is 1.14. The zero-order valence-corrected chi connectivity index (χ0v) is 8.83. The van der Waals surface area contributed by atoms with Gasteiger partial charge in [-0.05, 0) is 32.1 Å². The largest absolute Gasteiger partial charge is 0.461 e. The summed E-state index contributed by atoms with van der Waals surface area (Å²) in [5, 5.41) is 2.63. The summed E-state index contributed by atoms with van der Waals surface area (Å²) in [5.41, 5.74) is 0. The Morgan fingerprint density at radius 2 is 1.93 bits per heavy atom. The molecule has 0 radical (unpaired) electrons. The summed E-state index contributed by atoms with van der Waals surface area (Å²) in [6.07, 6.45) is 6.62. The molecule has 2 fully saturated rings. The van der Waals surface area contributed by atoms with Crippen molar-refractivity contribution >= 4 is 11.9 Å². The van der Waals surface area contributed by atoms with Crippen LogP contribution in [0.15, 0.2) is 0 Å². The number of hydrogen-bond acceptors (Lipinski definition) is 3. The van der Waals surface area contributed by atoms with E-state index in [0.29, 0.717) is 12.8 Å². The minimum Gasteiger partial charge on any atom is -0.461 e. The van der Waals surface area contributed by atoms with Crippen LogP contribution < -0.4 is 5.32 Å². The highest BCUT2D eigenvalue weighted by Crippen LogP contribution is 2.21. The van der Waals surface area contributed by atoms with E-state index in [1.54, 1.807) is 0 Å². The SMILES string of the molecule is O=C1CC[C@@H](C(=O)OC2CCCCC2)N1. The molecular weight excluding hydrogens is 194 g/mol. The lowest BCUT2D eigenvalue weighted by Gasteiger charge is -2.23. The molecule has 84 valence electrons. The maximum absolute atomic E-state index is 11.6. The average Bonchev–Trinajstić information content (AvgIpc) is 2.66. The molecule has 1 aliphatic carbocycles. The van der Waals surface area contributed by atoms with Gasteiger partial charge in [0.25, 0.3) is 0 Å². The van der Waals surface area contributed by atoms with E-state index in [-0.39, 0.29) is 24.0 Å². The van der Waals surface area contributed by atoms with Crippen LogP contribution in [0.2, 0.25) is 0 Å². The van der Waals surface area contributed by atoms with Crippen LogP contribution >= 0.6 is 0 Å². The van der Waals surface area contributed by atoms with E-state index in [1.165, 1.54) is 6.42 Å². The molecule has 1 aliphatic heterocycles. The van der Waals surface area contributed by atoms with Gasteiger partial charge in [-0.25, -0.2) is 4.79 Å². The van der Waals surface area contributed by atoms with Crippen molar-refractivity contribution < 1.29 is 14.3 Å². The van der Waals surface area contributed by atoms with Gasteiger partial charge in [-0.2, -0.15) is 0 Å². The lowest BCUT2D eigenvalue weighted by molar-refractivity contribution is -0.153. The molecule has 0 unspecified atom stereocenters. The Labute approximate surface area is 89.4 Å². The Bertz CT molecular complexity index is 259. The predicted molar refractivity (Wildman–Crippen MR) is 54.1 cm³/mol. The number of rotatable bonds is 2. The molecule has 1 saturated carbocycles. The molecule has 1 N–H and O–H groups in total.